The Labute approximate surface area is 95.5 Å². The lowest BCUT2D eigenvalue weighted by Gasteiger charge is -2.02. The Hall–Kier alpha value is -2.30. The van der Waals surface area contributed by atoms with Crippen LogP contribution in [-0.4, -0.2) is 4.92 Å². The lowest BCUT2D eigenvalue weighted by Crippen LogP contribution is -1.88. The van der Waals surface area contributed by atoms with Crippen molar-refractivity contribution >= 4 is 5.69 Å². The van der Waals surface area contributed by atoms with Crippen molar-refractivity contribution in [3.63, 3.8) is 0 Å². The van der Waals surface area contributed by atoms with Crippen molar-refractivity contribution in [2.24, 2.45) is 0 Å². The Morgan fingerprint density at radius 1 is 0.882 bits per heavy atom. The summed E-state index contributed by atoms with van der Waals surface area (Å²) in [4.78, 5) is 9.92. The maximum absolute atomic E-state index is 13.0. The summed E-state index contributed by atoms with van der Waals surface area (Å²) in [6.45, 7) is 0. The van der Waals surface area contributed by atoms with Crippen LogP contribution in [0.15, 0.2) is 42.5 Å². The summed E-state index contributed by atoms with van der Waals surface area (Å²) in [6, 6.07) is 9.10. The topological polar surface area (TPSA) is 43.1 Å². The molecule has 0 amide bonds. The van der Waals surface area contributed by atoms with Gasteiger partial charge in [0.1, 0.15) is 0 Å². The highest BCUT2D eigenvalue weighted by atomic mass is 19.2. The molecule has 5 heteroatoms. The SMILES string of the molecule is O=[N+]([O-])c1ccc(-c2ccc(F)c(F)c2)cc1. The van der Waals surface area contributed by atoms with Gasteiger partial charge in [0, 0.05) is 12.1 Å². The van der Waals surface area contributed by atoms with Crippen molar-refractivity contribution < 1.29 is 13.7 Å². The molecule has 0 heterocycles. The van der Waals surface area contributed by atoms with Crippen LogP contribution in [0.1, 0.15) is 0 Å². The summed E-state index contributed by atoms with van der Waals surface area (Å²) >= 11 is 0. The zero-order chi connectivity index (χ0) is 12.4. The smallest absolute Gasteiger partial charge is 0.258 e. The average Bonchev–Trinajstić information content (AvgIpc) is 2.33. The molecule has 3 nitrogen and oxygen atoms in total. The van der Waals surface area contributed by atoms with Crippen molar-refractivity contribution in [3.05, 3.63) is 64.2 Å². The van der Waals surface area contributed by atoms with Gasteiger partial charge in [0.2, 0.25) is 0 Å². The van der Waals surface area contributed by atoms with Gasteiger partial charge in [0.05, 0.1) is 4.92 Å². The molecule has 0 bridgehead atoms. The van der Waals surface area contributed by atoms with Crippen LogP contribution in [-0.2, 0) is 0 Å². The predicted octanol–water partition coefficient (Wildman–Crippen LogP) is 3.54. The van der Waals surface area contributed by atoms with Gasteiger partial charge in [-0.25, -0.2) is 8.78 Å². The van der Waals surface area contributed by atoms with Crippen LogP contribution >= 0.6 is 0 Å². The summed E-state index contributed by atoms with van der Waals surface area (Å²) in [5.41, 5.74) is 1.02. The number of non-ortho nitro benzene ring substituents is 1. The zero-order valence-corrected chi connectivity index (χ0v) is 8.56. The maximum atomic E-state index is 13.0. The fourth-order valence-corrected chi connectivity index (χ4v) is 1.45. The monoisotopic (exact) mass is 235 g/mol. The van der Waals surface area contributed by atoms with Gasteiger partial charge >= 0.3 is 0 Å². The van der Waals surface area contributed by atoms with Gasteiger partial charge in [-0.15, -0.1) is 0 Å². The van der Waals surface area contributed by atoms with E-state index in [2.05, 4.69) is 0 Å². The fourth-order valence-electron chi connectivity index (χ4n) is 1.45. The van der Waals surface area contributed by atoms with Crippen LogP contribution in [0.3, 0.4) is 0 Å². The van der Waals surface area contributed by atoms with Crippen LogP contribution in [0.2, 0.25) is 0 Å². The Balaban J connectivity index is 2.39. The van der Waals surface area contributed by atoms with E-state index >= 15 is 0 Å². The minimum atomic E-state index is -0.944. The van der Waals surface area contributed by atoms with Crippen LogP contribution in [0.25, 0.3) is 11.1 Å². The molecular weight excluding hydrogens is 228 g/mol. The summed E-state index contributed by atoms with van der Waals surface area (Å²) in [7, 11) is 0. The molecule has 2 aromatic carbocycles. The van der Waals surface area contributed by atoms with Crippen LogP contribution < -0.4 is 0 Å². The van der Waals surface area contributed by atoms with Crippen LogP contribution in [0.4, 0.5) is 14.5 Å². The van der Waals surface area contributed by atoms with Crippen molar-refractivity contribution in [2.45, 2.75) is 0 Å². The van der Waals surface area contributed by atoms with E-state index < -0.39 is 16.6 Å². The molecule has 0 aliphatic rings. The number of rotatable bonds is 2. The zero-order valence-electron chi connectivity index (χ0n) is 8.56. The molecule has 0 saturated heterocycles. The molecule has 0 N–H and O–H groups in total. The van der Waals surface area contributed by atoms with E-state index in [1.165, 1.54) is 30.3 Å². The molecule has 0 aliphatic heterocycles. The molecule has 0 spiro atoms. The van der Waals surface area contributed by atoms with Gasteiger partial charge in [-0.05, 0) is 35.4 Å². The van der Waals surface area contributed by atoms with Crippen LogP contribution in [0, 0.1) is 21.7 Å². The molecule has 86 valence electrons. The second-order valence-electron chi connectivity index (χ2n) is 3.43. The molecule has 0 saturated carbocycles. The standard InChI is InChI=1S/C12H7F2NO2/c13-11-6-3-9(7-12(11)14)8-1-4-10(5-2-8)15(16)17/h1-7H. The van der Waals surface area contributed by atoms with E-state index in [0.29, 0.717) is 11.1 Å². The molecule has 0 fully saturated rings. The van der Waals surface area contributed by atoms with E-state index in [-0.39, 0.29) is 5.69 Å². The number of nitro benzene ring substituents is 1. The largest absolute Gasteiger partial charge is 0.269 e. The third-order valence-electron chi connectivity index (χ3n) is 2.33. The molecule has 17 heavy (non-hydrogen) atoms. The molecule has 2 aromatic rings. The van der Waals surface area contributed by atoms with E-state index in [0.717, 1.165) is 12.1 Å². The number of benzene rings is 2. The third-order valence-corrected chi connectivity index (χ3v) is 2.33. The molecule has 0 aliphatic carbocycles. The normalized spacial score (nSPS) is 10.2. The van der Waals surface area contributed by atoms with E-state index in [9.17, 15) is 18.9 Å². The first kappa shape index (κ1) is 11.2. The second kappa shape index (κ2) is 4.29. The number of nitro groups is 1. The summed E-state index contributed by atoms with van der Waals surface area (Å²) < 4.78 is 25.7. The highest BCUT2D eigenvalue weighted by molar-refractivity contribution is 5.64. The number of nitrogens with zero attached hydrogens (tertiary/aromatic N) is 1. The first-order chi connectivity index (χ1) is 8.08. The Morgan fingerprint density at radius 3 is 2.00 bits per heavy atom. The van der Waals surface area contributed by atoms with E-state index in [4.69, 9.17) is 0 Å². The quantitative estimate of drug-likeness (QED) is 0.590. The van der Waals surface area contributed by atoms with Crippen molar-refractivity contribution in [1.29, 1.82) is 0 Å². The lowest BCUT2D eigenvalue weighted by atomic mass is 10.1. The molecule has 0 atom stereocenters. The number of halogens is 2. The number of hydrogen-bond acceptors (Lipinski definition) is 2. The van der Waals surface area contributed by atoms with Gasteiger partial charge in [0.25, 0.3) is 5.69 Å². The molecule has 0 radical (unpaired) electrons. The Kier molecular flexibility index (Phi) is 2.82. The highest BCUT2D eigenvalue weighted by Crippen LogP contribution is 2.23. The third kappa shape index (κ3) is 2.28. The predicted molar refractivity (Wildman–Crippen MR) is 58.4 cm³/mol. The molecule has 0 aromatic heterocycles. The van der Waals surface area contributed by atoms with Gasteiger partial charge in [-0.1, -0.05) is 6.07 Å². The van der Waals surface area contributed by atoms with Crippen LogP contribution in [0.5, 0.6) is 0 Å². The van der Waals surface area contributed by atoms with Gasteiger partial charge in [-0.3, -0.25) is 10.1 Å². The Morgan fingerprint density at radius 2 is 1.47 bits per heavy atom. The summed E-state index contributed by atoms with van der Waals surface area (Å²) in [5, 5.41) is 10.4. The van der Waals surface area contributed by atoms with Crippen molar-refractivity contribution in [2.75, 3.05) is 0 Å². The first-order valence-electron chi connectivity index (χ1n) is 4.78. The summed E-state index contributed by atoms with van der Waals surface area (Å²) in [6.07, 6.45) is 0. The second-order valence-corrected chi connectivity index (χ2v) is 3.43. The van der Waals surface area contributed by atoms with Crippen molar-refractivity contribution in [1.82, 2.24) is 0 Å². The summed E-state index contributed by atoms with van der Waals surface area (Å²) in [5.74, 6) is -1.86. The number of hydrogen-bond donors (Lipinski definition) is 0. The minimum Gasteiger partial charge on any atom is -0.258 e. The molecule has 2 rings (SSSR count). The average molecular weight is 235 g/mol. The maximum Gasteiger partial charge on any atom is 0.269 e. The molecule has 0 unspecified atom stereocenters. The fraction of sp³-hybridized carbons (Fsp3) is 0. The lowest BCUT2D eigenvalue weighted by molar-refractivity contribution is -0.384. The highest BCUT2D eigenvalue weighted by Gasteiger charge is 2.07. The van der Waals surface area contributed by atoms with Gasteiger partial charge in [0.15, 0.2) is 11.6 Å². The Bertz CT molecular complexity index is 567. The molecular formula is C12H7F2NO2. The minimum absolute atomic E-state index is 0.0451. The first-order valence-corrected chi connectivity index (χ1v) is 4.78. The van der Waals surface area contributed by atoms with Crippen molar-refractivity contribution in [3.8, 4) is 11.1 Å². The van der Waals surface area contributed by atoms with Gasteiger partial charge in [-0.2, -0.15) is 0 Å². The van der Waals surface area contributed by atoms with Gasteiger partial charge < -0.3 is 0 Å². The van der Waals surface area contributed by atoms with E-state index in [1.54, 1.807) is 0 Å². The van der Waals surface area contributed by atoms with E-state index in [1.807, 2.05) is 0 Å².